The van der Waals surface area contributed by atoms with Gasteiger partial charge in [-0.25, -0.2) is 0 Å². The molecule has 0 atom stereocenters. The van der Waals surface area contributed by atoms with E-state index in [1.54, 1.807) is 24.3 Å². The molecular weight excluding hydrogens is 1060 g/mol. The number of rotatable bonds is 9. The molecule has 406 valence electrons. The highest BCUT2D eigenvalue weighted by atomic mass is 19.4. The Hall–Kier alpha value is -8.12. The number of hydrogen-bond acceptors (Lipinski definition) is 7. The number of nitrogen functional groups attached to an aromatic ring is 5. The summed E-state index contributed by atoms with van der Waals surface area (Å²) in [4.78, 5) is 0. The van der Waals surface area contributed by atoms with Gasteiger partial charge in [0.1, 0.15) is 23.0 Å². The minimum atomic E-state index is -5.72. The van der Waals surface area contributed by atoms with E-state index in [4.69, 9.17) is 38.1 Å². The Morgan fingerprint density at radius 2 is 0.526 bits per heavy atom. The molecule has 0 amide bonds. The molecule has 0 saturated heterocycles. The van der Waals surface area contributed by atoms with Crippen molar-refractivity contribution in [3.05, 3.63) is 198 Å². The third-order valence-corrected chi connectivity index (χ3v) is 11.1. The number of ether oxygens (including phenoxy) is 2. The van der Waals surface area contributed by atoms with Crippen molar-refractivity contribution in [2.24, 2.45) is 0 Å². The first-order valence-electron chi connectivity index (χ1n) is 21.3. The first-order chi connectivity index (χ1) is 35.0. The zero-order chi connectivity index (χ0) is 56.9. The van der Waals surface area contributed by atoms with Crippen LogP contribution >= 0.6 is 0 Å². The predicted molar refractivity (Wildman–Crippen MR) is 248 cm³/mol. The SMILES string of the molecule is Nc1ccc(C(C(F)(F)F)C(F)(F)F)cc1.Nc1ccc(Oc2ccc(C(c3ccc(Oc4ccc(N)cc4)cc3)(C(F)(F)F)C(F)(F)F)cc2)cc1.Nc1cccc(C(c2cccc(N)c2)(C(F)(F)F)C(F)(F)F)c1. The maximum atomic E-state index is 14.4. The number of anilines is 5. The lowest BCUT2D eigenvalue weighted by molar-refractivity contribution is -0.290. The van der Waals surface area contributed by atoms with Gasteiger partial charge in [0.05, 0.1) is 0 Å². The van der Waals surface area contributed by atoms with Crippen molar-refractivity contribution in [2.75, 3.05) is 28.7 Å². The fraction of sp³-hybridized carbons (Fsp3) is 0.176. The van der Waals surface area contributed by atoms with Gasteiger partial charge in [-0.3, -0.25) is 0 Å². The average molecular weight is 1100 g/mol. The third kappa shape index (κ3) is 13.0. The van der Waals surface area contributed by atoms with Crippen LogP contribution in [-0.2, 0) is 10.8 Å². The molecule has 7 aromatic rings. The molecule has 25 heteroatoms. The predicted octanol–water partition coefficient (Wildman–Crippen LogP) is 15.6. The second-order valence-electron chi connectivity index (χ2n) is 16.3. The van der Waals surface area contributed by atoms with E-state index < -0.39 is 81.6 Å². The first-order valence-corrected chi connectivity index (χ1v) is 21.3. The smallest absolute Gasteiger partial charge is 0.411 e. The molecule has 0 heterocycles. The van der Waals surface area contributed by atoms with Crippen LogP contribution in [0, 0.1) is 0 Å². The van der Waals surface area contributed by atoms with Gasteiger partial charge < -0.3 is 38.1 Å². The van der Waals surface area contributed by atoms with Gasteiger partial charge in [-0.15, -0.1) is 0 Å². The topological polar surface area (TPSA) is 149 Å². The lowest BCUT2D eigenvalue weighted by Crippen LogP contribution is -2.54. The van der Waals surface area contributed by atoms with Gasteiger partial charge in [0, 0.05) is 28.4 Å². The van der Waals surface area contributed by atoms with Crippen LogP contribution < -0.4 is 38.1 Å². The van der Waals surface area contributed by atoms with Crippen molar-refractivity contribution in [3.63, 3.8) is 0 Å². The van der Waals surface area contributed by atoms with Crippen LogP contribution in [0.5, 0.6) is 23.0 Å². The number of benzene rings is 7. The second-order valence-corrected chi connectivity index (χ2v) is 16.3. The molecule has 7 rings (SSSR count). The summed E-state index contributed by atoms with van der Waals surface area (Å²) in [6, 6.07) is 30.3. The lowest BCUT2D eigenvalue weighted by Gasteiger charge is -2.38. The van der Waals surface area contributed by atoms with Crippen LogP contribution in [0.4, 0.5) is 107 Å². The van der Waals surface area contributed by atoms with E-state index in [0.29, 0.717) is 35.0 Å². The zero-order valence-electron chi connectivity index (χ0n) is 38.2. The molecule has 0 saturated carbocycles. The van der Waals surface area contributed by atoms with Gasteiger partial charge in [0.2, 0.25) is 10.8 Å². The Labute approximate surface area is 419 Å². The second kappa shape index (κ2) is 22.0. The Balaban J connectivity index is 0.000000233. The highest BCUT2D eigenvalue weighted by Crippen LogP contribution is 2.58. The van der Waals surface area contributed by atoms with Crippen molar-refractivity contribution in [1.82, 2.24) is 0 Å². The van der Waals surface area contributed by atoms with Crippen molar-refractivity contribution < 1.29 is 88.5 Å². The molecule has 0 spiro atoms. The largest absolute Gasteiger partial charge is 0.457 e. The summed E-state index contributed by atoms with van der Waals surface area (Å²) < 4.78 is 253. The molecule has 0 aromatic heterocycles. The van der Waals surface area contributed by atoms with Gasteiger partial charge in [-0.1, -0.05) is 60.7 Å². The van der Waals surface area contributed by atoms with Gasteiger partial charge in [0.25, 0.3) is 0 Å². The van der Waals surface area contributed by atoms with Crippen LogP contribution in [0.25, 0.3) is 0 Å². The maximum Gasteiger partial charge on any atom is 0.411 e. The fourth-order valence-electron chi connectivity index (χ4n) is 7.65. The van der Waals surface area contributed by atoms with Crippen molar-refractivity contribution in [2.45, 2.75) is 53.8 Å². The van der Waals surface area contributed by atoms with E-state index in [-0.39, 0.29) is 28.6 Å². The molecule has 10 N–H and O–H groups in total. The van der Waals surface area contributed by atoms with Crippen molar-refractivity contribution >= 4 is 28.4 Å². The molecule has 0 aliphatic rings. The van der Waals surface area contributed by atoms with Crippen LogP contribution in [0.1, 0.15) is 33.7 Å². The summed E-state index contributed by atoms with van der Waals surface area (Å²) in [5, 5.41) is 0. The van der Waals surface area contributed by atoms with E-state index in [2.05, 4.69) is 0 Å². The molecule has 0 aliphatic heterocycles. The number of nitrogens with two attached hydrogens (primary N) is 5. The highest BCUT2D eigenvalue weighted by Gasteiger charge is 2.73. The van der Waals surface area contributed by atoms with E-state index >= 15 is 0 Å². The molecule has 0 radical (unpaired) electrons. The summed E-state index contributed by atoms with van der Waals surface area (Å²) in [5.41, 5.74) is 14.4. The van der Waals surface area contributed by atoms with E-state index in [1.165, 1.54) is 36.4 Å². The maximum absolute atomic E-state index is 14.4. The molecular formula is C51H39F18N5O2. The molecule has 0 fully saturated rings. The number of halogens is 18. The van der Waals surface area contributed by atoms with Crippen LogP contribution in [0.15, 0.2) is 170 Å². The lowest BCUT2D eigenvalue weighted by atomic mass is 9.72. The Bertz CT molecular complexity index is 2810. The van der Waals surface area contributed by atoms with Crippen molar-refractivity contribution in [3.8, 4) is 23.0 Å². The van der Waals surface area contributed by atoms with Gasteiger partial charge in [-0.05, 0) is 137 Å². The van der Waals surface area contributed by atoms with Crippen LogP contribution in [-0.4, -0.2) is 37.1 Å². The summed E-state index contributed by atoms with van der Waals surface area (Å²) in [6.45, 7) is 0. The van der Waals surface area contributed by atoms with Crippen LogP contribution in [0.3, 0.4) is 0 Å². The Morgan fingerprint density at radius 1 is 0.276 bits per heavy atom. The molecule has 7 aromatic carbocycles. The summed E-state index contributed by atoms with van der Waals surface area (Å²) in [7, 11) is 0. The normalized spacial score (nSPS) is 12.7. The summed E-state index contributed by atoms with van der Waals surface area (Å²) in [5.74, 6) is -2.73. The first kappa shape index (κ1) is 58.8. The van der Waals surface area contributed by atoms with E-state index in [1.807, 2.05) is 0 Å². The van der Waals surface area contributed by atoms with Gasteiger partial charge in [-0.2, -0.15) is 79.0 Å². The van der Waals surface area contributed by atoms with E-state index in [9.17, 15) is 79.0 Å². The standard InChI is InChI=1S/C27H20F6N2O2.C15H12F6N2.C9H7F6N/c28-26(29,30)25(27(31,32)33,17-1-9-21(10-2-17)36-23-13-5-19(34)6-14-23)18-3-11-22(12-4-18)37-24-15-7-20(35)8-16-24;16-14(17,18)13(15(19,20)21,9-3-1-5-11(22)7-9)10-4-2-6-12(23)8-10;10-8(11,12)7(9(13,14)15)5-1-3-6(16)4-2-5/h1-16H,34-35H2;1-8H,22-23H2;1-4,7H,16H2. The van der Waals surface area contributed by atoms with Gasteiger partial charge >= 0.3 is 37.1 Å². The molecule has 0 aliphatic carbocycles. The highest BCUT2D eigenvalue weighted by molar-refractivity contribution is 5.54. The molecule has 76 heavy (non-hydrogen) atoms. The monoisotopic (exact) mass is 1100 g/mol. The summed E-state index contributed by atoms with van der Waals surface area (Å²) in [6.07, 6.45) is -33.5. The zero-order valence-corrected chi connectivity index (χ0v) is 38.2. The molecule has 0 bridgehead atoms. The van der Waals surface area contributed by atoms with Crippen molar-refractivity contribution in [1.29, 1.82) is 0 Å². The average Bonchev–Trinajstić information content (AvgIpc) is 3.28. The number of hydrogen-bond donors (Lipinski definition) is 5. The van der Waals surface area contributed by atoms with E-state index in [0.717, 1.165) is 97.1 Å². The fourth-order valence-corrected chi connectivity index (χ4v) is 7.65. The number of alkyl halides is 18. The molecule has 0 unspecified atom stereocenters. The Kier molecular flexibility index (Phi) is 17.0. The Morgan fingerprint density at radius 3 is 0.776 bits per heavy atom. The minimum absolute atomic E-state index is 0.0546. The third-order valence-electron chi connectivity index (χ3n) is 11.1. The minimum Gasteiger partial charge on any atom is -0.457 e. The summed E-state index contributed by atoms with van der Waals surface area (Å²) >= 11 is 0. The van der Waals surface area contributed by atoms with Gasteiger partial charge in [0.15, 0.2) is 5.92 Å². The quantitative estimate of drug-likeness (QED) is 0.0714. The molecule has 7 nitrogen and oxygen atoms in total. The van der Waals surface area contributed by atoms with Crippen LogP contribution in [0.2, 0.25) is 0 Å².